The summed E-state index contributed by atoms with van der Waals surface area (Å²) in [6.07, 6.45) is 0. The third kappa shape index (κ3) is 5.13. The first-order valence-corrected chi connectivity index (χ1v) is 11.9. The van der Waals surface area contributed by atoms with E-state index >= 15 is 0 Å². The number of carbonyl (C=O) groups is 1. The van der Waals surface area contributed by atoms with E-state index in [1.54, 1.807) is 41.3 Å². The molecule has 1 N–H and O–H groups in total. The highest BCUT2D eigenvalue weighted by Crippen LogP contribution is 2.33. The molecule has 29 heavy (non-hydrogen) atoms. The highest BCUT2D eigenvalue weighted by atomic mass is 79.9. The van der Waals surface area contributed by atoms with Gasteiger partial charge < -0.3 is 5.32 Å². The van der Waals surface area contributed by atoms with Crippen molar-refractivity contribution in [3.05, 3.63) is 86.3 Å². The molecule has 1 aromatic heterocycles. The molecule has 3 nitrogen and oxygen atoms in total. The molecular formula is C21H13BrCl2N2OS2. The number of thiazole rings is 1. The summed E-state index contributed by atoms with van der Waals surface area (Å²) in [6, 6.07) is 18.8. The third-order valence-corrected chi connectivity index (χ3v) is 7.39. The lowest BCUT2D eigenvalue weighted by molar-refractivity contribution is 0.102. The second-order valence-corrected chi connectivity index (χ2v) is 10.2. The minimum atomic E-state index is -0.277. The third-order valence-electron chi connectivity index (χ3n) is 4.08. The summed E-state index contributed by atoms with van der Waals surface area (Å²) in [5.74, 6) is 0.576. The van der Waals surface area contributed by atoms with Crippen LogP contribution in [0.4, 0.5) is 5.69 Å². The number of anilines is 1. The van der Waals surface area contributed by atoms with Crippen LogP contribution in [0.15, 0.2) is 69.5 Å². The molecule has 0 radical (unpaired) electrons. The summed E-state index contributed by atoms with van der Waals surface area (Å²) in [4.78, 5) is 17.2. The smallest absolute Gasteiger partial charge is 0.257 e. The number of hydrogen-bond acceptors (Lipinski definition) is 4. The van der Waals surface area contributed by atoms with E-state index in [9.17, 15) is 4.79 Å². The van der Waals surface area contributed by atoms with Crippen LogP contribution in [0.5, 0.6) is 0 Å². The number of nitrogens with one attached hydrogen (secondary N) is 1. The van der Waals surface area contributed by atoms with Gasteiger partial charge in [-0.25, -0.2) is 4.98 Å². The Bertz CT molecular complexity index is 1200. The minimum absolute atomic E-state index is 0.277. The van der Waals surface area contributed by atoms with Crippen molar-refractivity contribution in [1.29, 1.82) is 0 Å². The van der Waals surface area contributed by atoms with Crippen LogP contribution in [0.1, 0.15) is 15.9 Å². The van der Waals surface area contributed by atoms with Crippen LogP contribution in [-0.4, -0.2) is 10.9 Å². The molecule has 1 amide bonds. The standard InChI is InChI=1S/C21H13BrCl2N2OS2/c22-13-3-1-12(2-4-13)11-28-21-26-18-8-6-15(10-19(18)29-21)25-20(27)16-7-5-14(23)9-17(16)24/h1-10H,11H2,(H,25,27). The van der Waals surface area contributed by atoms with Gasteiger partial charge in [0, 0.05) is 20.9 Å². The monoisotopic (exact) mass is 522 g/mol. The Balaban J connectivity index is 1.47. The Hall–Kier alpha value is -1.57. The number of halogens is 3. The van der Waals surface area contributed by atoms with E-state index in [1.165, 1.54) is 5.56 Å². The van der Waals surface area contributed by atoms with E-state index in [0.29, 0.717) is 21.3 Å². The van der Waals surface area contributed by atoms with E-state index in [-0.39, 0.29) is 5.91 Å². The van der Waals surface area contributed by atoms with Crippen LogP contribution < -0.4 is 5.32 Å². The fourth-order valence-electron chi connectivity index (χ4n) is 2.64. The van der Waals surface area contributed by atoms with E-state index < -0.39 is 0 Å². The first kappa shape index (κ1) is 20.7. The summed E-state index contributed by atoms with van der Waals surface area (Å²) >= 11 is 18.8. The molecule has 0 spiro atoms. The second-order valence-electron chi connectivity index (χ2n) is 6.16. The molecule has 0 aliphatic rings. The Labute approximate surface area is 194 Å². The fourth-order valence-corrected chi connectivity index (χ4v) is 5.46. The second kappa shape index (κ2) is 9.06. The number of carbonyl (C=O) groups excluding carboxylic acids is 1. The van der Waals surface area contributed by atoms with Crippen LogP contribution in [-0.2, 0) is 5.75 Å². The van der Waals surface area contributed by atoms with Gasteiger partial charge in [0.15, 0.2) is 4.34 Å². The average Bonchev–Trinajstić information content (AvgIpc) is 3.09. The van der Waals surface area contributed by atoms with Crippen molar-refractivity contribution in [2.45, 2.75) is 10.1 Å². The zero-order valence-electron chi connectivity index (χ0n) is 14.8. The first-order valence-electron chi connectivity index (χ1n) is 8.52. The molecule has 0 saturated heterocycles. The molecule has 4 aromatic rings. The largest absolute Gasteiger partial charge is 0.322 e. The molecule has 0 unspecified atom stereocenters. The predicted octanol–water partition coefficient (Wildman–Crippen LogP) is 7.91. The summed E-state index contributed by atoms with van der Waals surface area (Å²) in [5.41, 5.74) is 3.23. The van der Waals surface area contributed by atoms with Gasteiger partial charge in [0.25, 0.3) is 5.91 Å². The molecule has 0 saturated carbocycles. The zero-order chi connectivity index (χ0) is 20.4. The van der Waals surface area contributed by atoms with E-state index in [4.69, 9.17) is 23.2 Å². The van der Waals surface area contributed by atoms with Crippen LogP contribution in [0.3, 0.4) is 0 Å². The quantitative estimate of drug-likeness (QED) is 0.270. The lowest BCUT2D eigenvalue weighted by Gasteiger charge is -2.07. The maximum absolute atomic E-state index is 12.5. The summed E-state index contributed by atoms with van der Waals surface area (Å²) in [7, 11) is 0. The number of thioether (sulfide) groups is 1. The molecule has 0 fully saturated rings. The van der Waals surface area contributed by atoms with Gasteiger partial charge in [-0.15, -0.1) is 11.3 Å². The molecule has 1 heterocycles. The molecule has 0 aliphatic carbocycles. The number of nitrogens with zero attached hydrogens (tertiary/aromatic N) is 1. The van der Waals surface area contributed by atoms with Gasteiger partial charge >= 0.3 is 0 Å². The maximum atomic E-state index is 12.5. The fraction of sp³-hybridized carbons (Fsp3) is 0.0476. The number of aromatic nitrogens is 1. The Morgan fingerprint density at radius 2 is 1.86 bits per heavy atom. The van der Waals surface area contributed by atoms with E-state index in [1.807, 2.05) is 30.3 Å². The summed E-state index contributed by atoms with van der Waals surface area (Å²) in [5, 5.41) is 3.70. The highest BCUT2D eigenvalue weighted by molar-refractivity contribution is 9.10. The maximum Gasteiger partial charge on any atom is 0.257 e. The number of fused-ring (bicyclic) bond motifs is 1. The Morgan fingerprint density at radius 3 is 2.62 bits per heavy atom. The molecule has 0 aliphatic heterocycles. The molecule has 3 aromatic carbocycles. The zero-order valence-corrected chi connectivity index (χ0v) is 19.5. The van der Waals surface area contributed by atoms with E-state index in [2.05, 4.69) is 38.4 Å². The van der Waals surface area contributed by atoms with Gasteiger partial charge in [-0.05, 0) is 54.1 Å². The van der Waals surface area contributed by atoms with Gasteiger partial charge in [-0.3, -0.25) is 4.79 Å². The summed E-state index contributed by atoms with van der Waals surface area (Å²) < 4.78 is 3.08. The van der Waals surface area contributed by atoms with Crippen molar-refractivity contribution in [3.63, 3.8) is 0 Å². The van der Waals surface area contributed by atoms with Crippen molar-refractivity contribution in [2.75, 3.05) is 5.32 Å². The number of benzene rings is 3. The first-order chi connectivity index (χ1) is 14.0. The predicted molar refractivity (Wildman–Crippen MR) is 128 cm³/mol. The van der Waals surface area contributed by atoms with Crippen LogP contribution in [0.2, 0.25) is 10.0 Å². The van der Waals surface area contributed by atoms with Gasteiger partial charge in [0.2, 0.25) is 0 Å². The molecule has 0 bridgehead atoms. The topological polar surface area (TPSA) is 42.0 Å². The van der Waals surface area contributed by atoms with E-state index in [0.717, 1.165) is 24.8 Å². The Kier molecular flexibility index (Phi) is 6.47. The van der Waals surface area contributed by atoms with Crippen LogP contribution in [0.25, 0.3) is 10.2 Å². The molecular weight excluding hydrogens is 511 g/mol. The van der Waals surface area contributed by atoms with Crippen LogP contribution in [0, 0.1) is 0 Å². The average molecular weight is 524 g/mol. The molecule has 4 rings (SSSR count). The minimum Gasteiger partial charge on any atom is -0.322 e. The molecule has 146 valence electrons. The highest BCUT2D eigenvalue weighted by Gasteiger charge is 2.12. The number of rotatable bonds is 5. The lowest BCUT2D eigenvalue weighted by atomic mass is 10.2. The van der Waals surface area contributed by atoms with Gasteiger partial charge in [0.1, 0.15) is 0 Å². The van der Waals surface area contributed by atoms with Crippen molar-refractivity contribution < 1.29 is 4.79 Å². The van der Waals surface area contributed by atoms with Gasteiger partial charge in [-0.2, -0.15) is 0 Å². The SMILES string of the molecule is O=C(Nc1ccc2nc(SCc3ccc(Br)cc3)sc2c1)c1ccc(Cl)cc1Cl. The normalized spacial score (nSPS) is 11.0. The van der Waals surface area contributed by atoms with Crippen molar-refractivity contribution >= 4 is 84.0 Å². The van der Waals surface area contributed by atoms with Gasteiger partial charge in [0.05, 0.1) is 20.8 Å². The molecule has 8 heteroatoms. The summed E-state index contributed by atoms with van der Waals surface area (Å²) in [6.45, 7) is 0. The van der Waals surface area contributed by atoms with Gasteiger partial charge in [-0.1, -0.05) is 63.0 Å². The van der Waals surface area contributed by atoms with Crippen molar-refractivity contribution in [1.82, 2.24) is 4.98 Å². The number of amides is 1. The number of hydrogen-bond donors (Lipinski definition) is 1. The van der Waals surface area contributed by atoms with Crippen molar-refractivity contribution in [3.8, 4) is 0 Å². The lowest BCUT2D eigenvalue weighted by Crippen LogP contribution is -2.12. The molecule has 0 atom stereocenters. The van der Waals surface area contributed by atoms with Crippen LogP contribution >= 0.6 is 62.2 Å². The Morgan fingerprint density at radius 1 is 1.07 bits per heavy atom. The van der Waals surface area contributed by atoms with Crippen molar-refractivity contribution in [2.24, 2.45) is 0 Å².